The first-order valence-corrected chi connectivity index (χ1v) is 5.59. The average molecular weight is 222 g/mol. The number of hydrogen-bond donors (Lipinski definition) is 1. The highest BCUT2D eigenvalue weighted by Crippen LogP contribution is 2.41. The summed E-state index contributed by atoms with van der Waals surface area (Å²) in [7, 11) is 0. The molecule has 86 valence electrons. The molecule has 1 atom stereocenters. The second kappa shape index (κ2) is 4.24. The van der Waals surface area contributed by atoms with Crippen molar-refractivity contribution in [2.75, 3.05) is 0 Å². The third-order valence-electron chi connectivity index (χ3n) is 3.09. The predicted octanol–water partition coefficient (Wildman–Crippen LogP) is 3.28. The molecule has 0 aromatic heterocycles. The van der Waals surface area contributed by atoms with Crippen LogP contribution in [-0.2, 0) is 4.79 Å². The zero-order chi connectivity index (χ0) is 11.7. The van der Waals surface area contributed by atoms with Gasteiger partial charge in [-0.25, -0.2) is 4.39 Å². The molecule has 3 heteroatoms. The Bertz CT molecular complexity index is 410. The Hall–Kier alpha value is -1.38. The molecule has 1 aliphatic carbocycles. The number of rotatable bonds is 4. The van der Waals surface area contributed by atoms with E-state index in [1.807, 2.05) is 6.07 Å². The van der Waals surface area contributed by atoms with Gasteiger partial charge in [-0.3, -0.25) is 4.79 Å². The van der Waals surface area contributed by atoms with E-state index in [0.29, 0.717) is 5.92 Å². The summed E-state index contributed by atoms with van der Waals surface area (Å²) in [5.74, 6) is -0.777. The molecule has 1 saturated carbocycles. The van der Waals surface area contributed by atoms with Crippen LogP contribution in [0.3, 0.4) is 0 Å². The lowest BCUT2D eigenvalue weighted by Crippen LogP contribution is -2.03. The molecule has 1 fully saturated rings. The molecule has 16 heavy (non-hydrogen) atoms. The molecule has 1 unspecified atom stereocenters. The zero-order valence-electron chi connectivity index (χ0n) is 9.24. The van der Waals surface area contributed by atoms with Gasteiger partial charge in [0.2, 0.25) is 0 Å². The first kappa shape index (κ1) is 11.1. The molecule has 0 saturated heterocycles. The summed E-state index contributed by atoms with van der Waals surface area (Å²) in [6.45, 7) is 1.81. The van der Waals surface area contributed by atoms with E-state index in [9.17, 15) is 9.18 Å². The second-order valence-corrected chi connectivity index (χ2v) is 4.55. The van der Waals surface area contributed by atoms with E-state index in [4.69, 9.17) is 5.11 Å². The normalized spacial score (nSPS) is 17.1. The van der Waals surface area contributed by atoms with E-state index in [2.05, 4.69) is 0 Å². The van der Waals surface area contributed by atoms with Crippen molar-refractivity contribution in [1.82, 2.24) is 0 Å². The summed E-state index contributed by atoms with van der Waals surface area (Å²) in [5.41, 5.74) is 1.55. The van der Waals surface area contributed by atoms with Crippen molar-refractivity contribution in [2.24, 2.45) is 0 Å². The fourth-order valence-electron chi connectivity index (χ4n) is 1.96. The minimum Gasteiger partial charge on any atom is -0.481 e. The summed E-state index contributed by atoms with van der Waals surface area (Å²) in [6, 6.07) is 5.15. The van der Waals surface area contributed by atoms with Crippen molar-refractivity contribution in [3.05, 3.63) is 35.1 Å². The molecule has 1 aromatic carbocycles. The van der Waals surface area contributed by atoms with E-state index in [1.165, 1.54) is 6.07 Å². The molecule has 0 amide bonds. The first-order valence-electron chi connectivity index (χ1n) is 5.59. The van der Waals surface area contributed by atoms with Crippen molar-refractivity contribution >= 4 is 5.97 Å². The number of benzene rings is 1. The topological polar surface area (TPSA) is 37.3 Å². The molecule has 1 aliphatic rings. The van der Waals surface area contributed by atoms with Crippen LogP contribution >= 0.6 is 0 Å². The molecule has 1 N–H and O–H groups in total. The Labute approximate surface area is 94.1 Å². The Kier molecular flexibility index (Phi) is 2.95. The van der Waals surface area contributed by atoms with Crippen LogP contribution in [0, 0.1) is 5.82 Å². The molecule has 0 aliphatic heterocycles. The highest BCUT2D eigenvalue weighted by molar-refractivity contribution is 5.67. The standard InChI is InChI=1S/C13H15FO2/c1-8(6-13(15)16)10-4-5-11(9-2-3-9)12(14)7-10/h4-5,7-9H,2-3,6H2,1H3,(H,15,16). The minimum atomic E-state index is -0.848. The van der Waals surface area contributed by atoms with E-state index < -0.39 is 5.97 Å². The van der Waals surface area contributed by atoms with Crippen LogP contribution in [0.4, 0.5) is 4.39 Å². The summed E-state index contributed by atoms with van der Waals surface area (Å²) in [4.78, 5) is 10.6. The number of aliphatic carboxylic acids is 1. The van der Waals surface area contributed by atoms with Gasteiger partial charge >= 0.3 is 5.97 Å². The molecular weight excluding hydrogens is 207 g/mol. The van der Waals surface area contributed by atoms with Gasteiger partial charge in [0.25, 0.3) is 0 Å². The second-order valence-electron chi connectivity index (χ2n) is 4.55. The van der Waals surface area contributed by atoms with E-state index in [1.54, 1.807) is 13.0 Å². The van der Waals surface area contributed by atoms with Crippen molar-refractivity contribution < 1.29 is 14.3 Å². The van der Waals surface area contributed by atoms with Gasteiger partial charge in [0.15, 0.2) is 0 Å². The smallest absolute Gasteiger partial charge is 0.303 e. The lowest BCUT2D eigenvalue weighted by molar-refractivity contribution is -0.137. The Balaban J connectivity index is 2.16. The van der Waals surface area contributed by atoms with E-state index in [0.717, 1.165) is 24.0 Å². The summed E-state index contributed by atoms with van der Waals surface area (Å²) < 4.78 is 13.7. The number of hydrogen-bond acceptors (Lipinski definition) is 1. The fraction of sp³-hybridized carbons (Fsp3) is 0.462. The van der Waals surface area contributed by atoms with Crippen LogP contribution in [0.1, 0.15) is 49.1 Å². The summed E-state index contributed by atoms with van der Waals surface area (Å²) in [5, 5.41) is 8.67. The van der Waals surface area contributed by atoms with Crippen molar-refractivity contribution in [2.45, 2.75) is 38.0 Å². The van der Waals surface area contributed by atoms with Crippen molar-refractivity contribution in [3.63, 3.8) is 0 Å². The van der Waals surface area contributed by atoms with Gasteiger partial charge in [0.1, 0.15) is 5.82 Å². The first-order chi connectivity index (χ1) is 7.58. The van der Waals surface area contributed by atoms with Gasteiger partial charge < -0.3 is 5.11 Å². The average Bonchev–Trinajstić information content (AvgIpc) is 3.00. The van der Waals surface area contributed by atoms with E-state index in [-0.39, 0.29) is 18.2 Å². The molecule has 0 heterocycles. The quantitative estimate of drug-likeness (QED) is 0.848. The molecule has 2 rings (SSSR count). The molecule has 0 spiro atoms. The van der Waals surface area contributed by atoms with E-state index >= 15 is 0 Å². The van der Waals surface area contributed by atoms with Crippen LogP contribution in [-0.4, -0.2) is 11.1 Å². The third-order valence-corrected chi connectivity index (χ3v) is 3.09. The summed E-state index contributed by atoms with van der Waals surface area (Å²) in [6.07, 6.45) is 2.18. The van der Waals surface area contributed by atoms with Crippen LogP contribution < -0.4 is 0 Å². The molecule has 1 aromatic rings. The SMILES string of the molecule is CC(CC(=O)O)c1ccc(C2CC2)c(F)c1. The van der Waals surface area contributed by atoms with Crippen LogP contribution in [0.15, 0.2) is 18.2 Å². The number of halogens is 1. The van der Waals surface area contributed by atoms with Gasteiger partial charge in [-0.05, 0) is 41.9 Å². The highest BCUT2D eigenvalue weighted by atomic mass is 19.1. The Morgan fingerprint density at radius 3 is 2.75 bits per heavy atom. The Morgan fingerprint density at radius 2 is 2.25 bits per heavy atom. The van der Waals surface area contributed by atoms with Crippen molar-refractivity contribution in [3.8, 4) is 0 Å². The van der Waals surface area contributed by atoms with Gasteiger partial charge in [-0.1, -0.05) is 19.1 Å². The lowest BCUT2D eigenvalue weighted by atomic mass is 9.95. The van der Waals surface area contributed by atoms with Crippen LogP contribution in [0.5, 0.6) is 0 Å². The van der Waals surface area contributed by atoms with Crippen LogP contribution in [0.25, 0.3) is 0 Å². The van der Waals surface area contributed by atoms with Gasteiger partial charge in [-0.2, -0.15) is 0 Å². The van der Waals surface area contributed by atoms with Crippen molar-refractivity contribution in [1.29, 1.82) is 0 Å². The monoisotopic (exact) mass is 222 g/mol. The fourth-order valence-corrected chi connectivity index (χ4v) is 1.96. The molecule has 2 nitrogen and oxygen atoms in total. The maximum atomic E-state index is 13.7. The number of carbonyl (C=O) groups is 1. The molecule has 0 radical (unpaired) electrons. The lowest BCUT2D eigenvalue weighted by Gasteiger charge is -2.10. The maximum Gasteiger partial charge on any atom is 0.303 e. The maximum absolute atomic E-state index is 13.7. The predicted molar refractivity (Wildman–Crippen MR) is 59.0 cm³/mol. The molecular formula is C13H15FO2. The largest absolute Gasteiger partial charge is 0.481 e. The van der Waals surface area contributed by atoms with Gasteiger partial charge in [0, 0.05) is 0 Å². The Morgan fingerprint density at radius 1 is 1.56 bits per heavy atom. The van der Waals surface area contributed by atoms with Crippen LogP contribution in [0.2, 0.25) is 0 Å². The molecule has 0 bridgehead atoms. The highest BCUT2D eigenvalue weighted by Gasteiger charge is 2.26. The number of carboxylic acid groups (broad SMARTS) is 1. The summed E-state index contributed by atoms with van der Waals surface area (Å²) >= 11 is 0. The zero-order valence-corrected chi connectivity index (χ0v) is 9.24. The van der Waals surface area contributed by atoms with Gasteiger partial charge in [0.05, 0.1) is 6.42 Å². The third kappa shape index (κ3) is 2.40. The minimum absolute atomic E-state index is 0.0439. The van der Waals surface area contributed by atoms with Gasteiger partial charge in [-0.15, -0.1) is 0 Å². The number of carboxylic acids is 1.